The fourth-order valence-electron chi connectivity index (χ4n) is 1.92. The van der Waals surface area contributed by atoms with E-state index in [2.05, 4.69) is 20.5 Å². The number of carboxylic acid groups (broad SMARTS) is 1. The number of aliphatic carboxylic acids is 1. The van der Waals surface area contributed by atoms with Crippen molar-refractivity contribution in [2.24, 2.45) is 0 Å². The van der Waals surface area contributed by atoms with Crippen molar-refractivity contribution >= 4 is 11.9 Å². The molecule has 1 unspecified atom stereocenters. The molecule has 19 heavy (non-hydrogen) atoms. The minimum absolute atomic E-state index is 0.0249. The number of aromatic amines is 1. The predicted octanol–water partition coefficient (Wildman–Crippen LogP) is -0.573. The summed E-state index contributed by atoms with van der Waals surface area (Å²) in [5.74, 6) is -0.702. The van der Waals surface area contributed by atoms with E-state index in [-0.39, 0.29) is 18.3 Å². The molecule has 1 atom stereocenters. The number of carbonyl (C=O) groups is 2. The van der Waals surface area contributed by atoms with Gasteiger partial charge in [-0.3, -0.25) is 9.89 Å². The molecule has 0 bridgehead atoms. The van der Waals surface area contributed by atoms with Crippen LogP contribution in [0.4, 0.5) is 0 Å². The van der Waals surface area contributed by atoms with Gasteiger partial charge in [0.05, 0.1) is 0 Å². The van der Waals surface area contributed by atoms with Crippen molar-refractivity contribution in [3.63, 3.8) is 0 Å². The van der Waals surface area contributed by atoms with Crippen LogP contribution < -0.4 is 5.32 Å². The molecule has 8 heteroatoms. The number of hydrogen-bond acceptors (Lipinski definition) is 5. The standard InChI is InChI=1S/C11H17N5O3/c1-6(2)8-13-9(15-14-8)10(17)16-4-3-12-5-7(16)11(18)19/h6-7,12H,3-5H2,1-2H3,(H,18,19)(H,13,14,15). The Labute approximate surface area is 110 Å². The highest BCUT2D eigenvalue weighted by Gasteiger charge is 2.34. The molecule has 1 aliphatic heterocycles. The number of nitrogens with one attached hydrogen (secondary N) is 2. The van der Waals surface area contributed by atoms with Gasteiger partial charge in [0, 0.05) is 25.6 Å². The largest absolute Gasteiger partial charge is 0.480 e. The van der Waals surface area contributed by atoms with E-state index in [4.69, 9.17) is 5.11 Å². The molecule has 3 N–H and O–H groups in total. The van der Waals surface area contributed by atoms with Gasteiger partial charge >= 0.3 is 5.97 Å². The molecule has 0 spiro atoms. The second-order valence-electron chi connectivity index (χ2n) is 4.76. The molecule has 0 radical (unpaired) electrons. The summed E-state index contributed by atoms with van der Waals surface area (Å²) in [5.41, 5.74) is 0. The van der Waals surface area contributed by atoms with Crippen molar-refractivity contribution < 1.29 is 14.7 Å². The molecule has 0 saturated carbocycles. The summed E-state index contributed by atoms with van der Waals surface area (Å²) >= 11 is 0. The number of carboxylic acids is 1. The first-order chi connectivity index (χ1) is 9.00. The van der Waals surface area contributed by atoms with E-state index in [1.165, 1.54) is 4.90 Å². The van der Waals surface area contributed by atoms with Crippen LogP contribution in [0.15, 0.2) is 0 Å². The van der Waals surface area contributed by atoms with Crippen molar-refractivity contribution in [3.8, 4) is 0 Å². The summed E-state index contributed by atoms with van der Waals surface area (Å²) in [6, 6.07) is -0.873. The highest BCUT2D eigenvalue weighted by molar-refractivity contribution is 5.93. The molecule has 1 saturated heterocycles. The van der Waals surface area contributed by atoms with Crippen LogP contribution in [0.2, 0.25) is 0 Å². The van der Waals surface area contributed by atoms with Crippen LogP contribution in [-0.2, 0) is 4.79 Å². The minimum atomic E-state index is -1.03. The number of amides is 1. The van der Waals surface area contributed by atoms with Gasteiger partial charge in [-0.25, -0.2) is 9.78 Å². The molecule has 0 aliphatic carbocycles. The number of carbonyl (C=O) groups excluding carboxylic acids is 1. The minimum Gasteiger partial charge on any atom is -0.480 e. The first-order valence-corrected chi connectivity index (χ1v) is 6.17. The van der Waals surface area contributed by atoms with Crippen LogP contribution in [0.25, 0.3) is 0 Å². The zero-order chi connectivity index (χ0) is 14.0. The maximum atomic E-state index is 12.2. The molecule has 2 rings (SSSR count). The second-order valence-corrected chi connectivity index (χ2v) is 4.76. The average Bonchev–Trinajstić information content (AvgIpc) is 2.87. The van der Waals surface area contributed by atoms with E-state index < -0.39 is 17.9 Å². The highest BCUT2D eigenvalue weighted by Crippen LogP contribution is 2.11. The number of H-pyrrole nitrogens is 1. The summed E-state index contributed by atoms with van der Waals surface area (Å²) in [7, 11) is 0. The lowest BCUT2D eigenvalue weighted by Gasteiger charge is -2.32. The lowest BCUT2D eigenvalue weighted by atomic mass is 10.2. The summed E-state index contributed by atoms with van der Waals surface area (Å²) in [6.45, 7) is 5.00. The van der Waals surface area contributed by atoms with E-state index >= 15 is 0 Å². The quantitative estimate of drug-likeness (QED) is 0.676. The van der Waals surface area contributed by atoms with Crippen molar-refractivity contribution in [2.75, 3.05) is 19.6 Å². The summed E-state index contributed by atoms with van der Waals surface area (Å²) in [4.78, 5) is 28.8. The lowest BCUT2D eigenvalue weighted by molar-refractivity contribution is -0.142. The maximum Gasteiger partial charge on any atom is 0.327 e. The third kappa shape index (κ3) is 2.73. The second kappa shape index (κ2) is 5.35. The van der Waals surface area contributed by atoms with Crippen LogP contribution in [0.5, 0.6) is 0 Å². The van der Waals surface area contributed by atoms with Gasteiger partial charge in [-0.2, -0.15) is 0 Å². The van der Waals surface area contributed by atoms with Crippen molar-refractivity contribution in [3.05, 3.63) is 11.6 Å². The van der Waals surface area contributed by atoms with E-state index in [1.54, 1.807) is 0 Å². The van der Waals surface area contributed by atoms with Gasteiger partial charge in [0.1, 0.15) is 11.9 Å². The highest BCUT2D eigenvalue weighted by atomic mass is 16.4. The molecule has 2 heterocycles. The average molecular weight is 267 g/mol. The van der Waals surface area contributed by atoms with Crippen molar-refractivity contribution in [1.82, 2.24) is 25.4 Å². The third-order valence-electron chi connectivity index (χ3n) is 3.03. The molecule has 1 fully saturated rings. The van der Waals surface area contributed by atoms with Crippen LogP contribution in [-0.4, -0.2) is 62.7 Å². The maximum absolute atomic E-state index is 12.2. The number of hydrogen-bond donors (Lipinski definition) is 3. The molecular formula is C11H17N5O3. The van der Waals surface area contributed by atoms with Gasteiger partial charge in [-0.05, 0) is 0 Å². The first kappa shape index (κ1) is 13.5. The number of nitrogens with zero attached hydrogens (tertiary/aromatic N) is 3. The van der Waals surface area contributed by atoms with Crippen LogP contribution >= 0.6 is 0 Å². The number of aromatic nitrogens is 3. The Morgan fingerprint density at radius 1 is 1.47 bits per heavy atom. The van der Waals surface area contributed by atoms with Gasteiger partial charge in [-0.1, -0.05) is 13.8 Å². The summed E-state index contributed by atoms with van der Waals surface area (Å²) in [5, 5.41) is 18.6. The fourth-order valence-corrected chi connectivity index (χ4v) is 1.92. The topological polar surface area (TPSA) is 111 Å². The lowest BCUT2D eigenvalue weighted by Crippen LogP contribution is -2.57. The van der Waals surface area contributed by atoms with E-state index in [0.29, 0.717) is 18.9 Å². The molecular weight excluding hydrogens is 250 g/mol. The third-order valence-corrected chi connectivity index (χ3v) is 3.03. The van der Waals surface area contributed by atoms with Gasteiger partial charge in [0.2, 0.25) is 5.82 Å². The summed E-state index contributed by atoms with van der Waals surface area (Å²) in [6.07, 6.45) is 0. The molecule has 1 amide bonds. The van der Waals surface area contributed by atoms with Crippen molar-refractivity contribution in [1.29, 1.82) is 0 Å². The fraction of sp³-hybridized carbons (Fsp3) is 0.636. The van der Waals surface area contributed by atoms with E-state index in [1.807, 2.05) is 13.8 Å². The van der Waals surface area contributed by atoms with Gasteiger partial charge in [0.15, 0.2) is 0 Å². The van der Waals surface area contributed by atoms with Gasteiger partial charge in [-0.15, -0.1) is 5.10 Å². The number of piperazine rings is 1. The number of rotatable bonds is 3. The Morgan fingerprint density at radius 2 is 2.21 bits per heavy atom. The zero-order valence-corrected chi connectivity index (χ0v) is 10.9. The van der Waals surface area contributed by atoms with Crippen LogP contribution in [0, 0.1) is 0 Å². The molecule has 104 valence electrons. The SMILES string of the molecule is CC(C)c1nc(C(=O)N2CCNCC2C(=O)O)n[nH]1. The molecule has 1 aliphatic rings. The van der Waals surface area contributed by atoms with Crippen LogP contribution in [0.3, 0.4) is 0 Å². The van der Waals surface area contributed by atoms with Crippen LogP contribution in [0.1, 0.15) is 36.2 Å². The molecule has 0 aromatic carbocycles. The Morgan fingerprint density at radius 3 is 2.79 bits per heavy atom. The van der Waals surface area contributed by atoms with Gasteiger partial charge < -0.3 is 15.3 Å². The van der Waals surface area contributed by atoms with E-state index in [9.17, 15) is 9.59 Å². The molecule has 1 aromatic rings. The predicted molar refractivity (Wildman–Crippen MR) is 65.8 cm³/mol. The Bertz CT molecular complexity index is 484. The Kier molecular flexibility index (Phi) is 3.79. The molecule has 8 nitrogen and oxygen atoms in total. The van der Waals surface area contributed by atoms with E-state index in [0.717, 1.165) is 0 Å². The normalized spacial score (nSPS) is 19.7. The molecule has 1 aromatic heterocycles. The monoisotopic (exact) mass is 267 g/mol. The Balaban J connectivity index is 2.18. The zero-order valence-electron chi connectivity index (χ0n) is 10.9. The van der Waals surface area contributed by atoms with Gasteiger partial charge in [0.25, 0.3) is 5.91 Å². The summed E-state index contributed by atoms with van der Waals surface area (Å²) < 4.78 is 0. The van der Waals surface area contributed by atoms with Crippen molar-refractivity contribution in [2.45, 2.75) is 25.8 Å². The first-order valence-electron chi connectivity index (χ1n) is 6.17. The Hall–Kier alpha value is -1.96. The smallest absolute Gasteiger partial charge is 0.327 e.